The predicted octanol–water partition coefficient (Wildman–Crippen LogP) is 5.22. The summed E-state index contributed by atoms with van der Waals surface area (Å²) < 4.78 is 40.0. The van der Waals surface area contributed by atoms with Crippen molar-refractivity contribution < 1.29 is 18.0 Å². The largest absolute Gasteiger partial charge is 0.417 e. The summed E-state index contributed by atoms with van der Waals surface area (Å²) in [6.45, 7) is 0.183. The smallest absolute Gasteiger partial charge is 0.347 e. The molecule has 0 spiro atoms. The minimum Gasteiger partial charge on any atom is -0.347 e. The van der Waals surface area contributed by atoms with Crippen molar-refractivity contribution >= 4 is 49.1 Å². The Bertz CT molecular complexity index is 670. The first-order chi connectivity index (χ1) is 9.77. The van der Waals surface area contributed by atoms with Crippen LogP contribution < -0.4 is 5.32 Å². The van der Waals surface area contributed by atoms with E-state index in [4.69, 9.17) is 0 Å². The number of hydrogen-bond acceptors (Lipinski definition) is 2. The third-order valence-electron chi connectivity index (χ3n) is 2.58. The van der Waals surface area contributed by atoms with Crippen LogP contribution in [0.15, 0.2) is 38.6 Å². The van der Waals surface area contributed by atoms with E-state index in [1.54, 1.807) is 6.07 Å². The Morgan fingerprint density at radius 1 is 1.19 bits per heavy atom. The molecule has 0 radical (unpaired) electrons. The summed E-state index contributed by atoms with van der Waals surface area (Å²) in [6.07, 6.45) is -4.58. The van der Waals surface area contributed by atoms with Gasteiger partial charge < -0.3 is 5.32 Å². The minimum atomic E-state index is -4.58. The summed E-state index contributed by atoms with van der Waals surface area (Å²) >= 11 is 7.66. The fourth-order valence-electron chi connectivity index (χ4n) is 1.66. The summed E-state index contributed by atoms with van der Waals surface area (Å²) in [5, 5.41) is 4.33. The number of thiophene rings is 1. The van der Waals surface area contributed by atoms with Crippen LogP contribution in [0.5, 0.6) is 0 Å². The topological polar surface area (TPSA) is 29.1 Å². The molecule has 112 valence electrons. The highest BCUT2D eigenvalue weighted by molar-refractivity contribution is 9.10. The van der Waals surface area contributed by atoms with Crippen molar-refractivity contribution in [2.75, 3.05) is 0 Å². The summed E-state index contributed by atoms with van der Waals surface area (Å²) in [6, 6.07) is 5.27. The van der Waals surface area contributed by atoms with Crippen LogP contribution >= 0.6 is 43.2 Å². The third-order valence-corrected chi connectivity index (χ3v) is 4.77. The van der Waals surface area contributed by atoms with Crippen LogP contribution in [-0.2, 0) is 12.7 Å². The first kappa shape index (κ1) is 16.5. The molecule has 0 unspecified atom stereocenters. The highest BCUT2D eigenvalue weighted by atomic mass is 79.9. The lowest BCUT2D eigenvalue weighted by molar-refractivity contribution is -0.138. The molecule has 2 rings (SSSR count). The van der Waals surface area contributed by atoms with E-state index in [2.05, 4.69) is 37.2 Å². The van der Waals surface area contributed by atoms with E-state index in [1.807, 2.05) is 5.38 Å². The zero-order chi connectivity index (χ0) is 15.6. The van der Waals surface area contributed by atoms with Gasteiger partial charge in [0.05, 0.1) is 17.7 Å². The number of amides is 1. The maximum atomic E-state index is 13.0. The number of carbonyl (C=O) groups is 1. The molecule has 0 saturated heterocycles. The van der Waals surface area contributed by atoms with Crippen molar-refractivity contribution in [2.45, 2.75) is 12.7 Å². The number of hydrogen-bond donors (Lipinski definition) is 1. The second-order valence-corrected chi connectivity index (χ2v) is 6.93. The molecule has 0 aliphatic rings. The van der Waals surface area contributed by atoms with E-state index in [9.17, 15) is 18.0 Å². The number of carbonyl (C=O) groups excluding carboxylic acids is 1. The molecule has 0 fully saturated rings. The molecule has 1 heterocycles. The Hall–Kier alpha value is -0.860. The van der Waals surface area contributed by atoms with Gasteiger partial charge in [-0.25, -0.2) is 0 Å². The molecule has 1 aromatic carbocycles. The summed E-state index contributed by atoms with van der Waals surface area (Å²) in [5.41, 5.74) is -1.34. The second kappa shape index (κ2) is 6.50. The van der Waals surface area contributed by atoms with Crippen LogP contribution in [0.1, 0.15) is 20.8 Å². The Balaban J connectivity index is 2.19. The van der Waals surface area contributed by atoms with E-state index in [-0.39, 0.29) is 16.6 Å². The highest BCUT2D eigenvalue weighted by Crippen LogP contribution is 2.34. The summed E-state index contributed by atoms with van der Waals surface area (Å²) in [4.78, 5) is 12.8. The lowest BCUT2D eigenvalue weighted by Crippen LogP contribution is -2.25. The van der Waals surface area contributed by atoms with Crippen LogP contribution in [0, 0.1) is 0 Å². The molecule has 1 N–H and O–H groups in total. The van der Waals surface area contributed by atoms with Gasteiger partial charge in [0.15, 0.2) is 0 Å². The van der Waals surface area contributed by atoms with Gasteiger partial charge in [-0.1, -0.05) is 15.9 Å². The molecule has 0 aliphatic heterocycles. The zero-order valence-corrected chi connectivity index (χ0v) is 14.3. The van der Waals surface area contributed by atoms with Crippen molar-refractivity contribution in [3.8, 4) is 0 Å². The fourth-order valence-corrected chi connectivity index (χ4v) is 3.41. The first-order valence-corrected chi connectivity index (χ1v) is 8.12. The average molecular weight is 443 g/mol. The minimum absolute atomic E-state index is 0.183. The van der Waals surface area contributed by atoms with Gasteiger partial charge in [0, 0.05) is 19.2 Å². The van der Waals surface area contributed by atoms with Crippen molar-refractivity contribution in [1.82, 2.24) is 5.32 Å². The molecule has 0 atom stereocenters. The highest BCUT2D eigenvalue weighted by Gasteiger charge is 2.35. The van der Waals surface area contributed by atoms with Gasteiger partial charge >= 0.3 is 6.18 Å². The number of halogens is 5. The van der Waals surface area contributed by atoms with E-state index in [0.29, 0.717) is 0 Å². The summed E-state index contributed by atoms with van der Waals surface area (Å²) in [5.74, 6) is -0.751. The number of nitrogens with one attached hydrogen (secondary N) is 1. The van der Waals surface area contributed by atoms with Crippen LogP contribution in [0.4, 0.5) is 13.2 Å². The number of alkyl halides is 3. The Labute approximate surface area is 139 Å². The van der Waals surface area contributed by atoms with Crippen molar-refractivity contribution in [2.24, 2.45) is 0 Å². The zero-order valence-electron chi connectivity index (χ0n) is 10.3. The monoisotopic (exact) mass is 441 g/mol. The molecule has 2 nitrogen and oxygen atoms in total. The van der Waals surface area contributed by atoms with Crippen LogP contribution in [0.25, 0.3) is 0 Å². The SMILES string of the molecule is O=C(NCc1cc(Br)cs1)c1ccc(Br)cc1C(F)(F)F. The fraction of sp³-hybridized carbons (Fsp3) is 0.154. The van der Waals surface area contributed by atoms with Gasteiger partial charge in [0.1, 0.15) is 0 Å². The average Bonchev–Trinajstić information content (AvgIpc) is 2.81. The molecule has 8 heteroatoms. The van der Waals surface area contributed by atoms with Crippen molar-refractivity contribution in [3.63, 3.8) is 0 Å². The van der Waals surface area contributed by atoms with E-state index < -0.39 is 17.6 Å². The van der Waals surface area contributed by atoms with Crippen molar-refractivity contribution in [3.05, 3.63) is 54.6 Å². The Morgan fingerprint density at radius 3 is 2.48 bits per heavy atom. The Kier molecular flexibility index (Phi) is 5.11. The molecule has 0 saturated carbocycles. The van der Waals surface area contributed by atoms with Crippen LogP contribution in [0.2, 0.25) is 0 Å². The molecular weight excluding hydrogens is 435 g/mol. The van der Waals surface area contributed by atoms with Crippen LogP contribution in [-0.4, -0.2) is 5.91 Å². The molecule has 0 bridgehead atoms. The van der Waals surface area contributed by atoms with Crippen LogP contribution in [0.3, 0.4) is 0 Å². The van der Waals surface area contributed by atoms with Gasteiger partial charge in [-0.3, -0.25) is 4.79 Å². The molecule has 2 aromatic rings. The van der Waals surface area contributed by atoms with E-state index in [0.717, 1.165) is 21.5 Å². The molecule has 1 amide bonds. The molecule has 0 aliphatic carbocycles. The third kappa shape index (κ3) is 4.31. The number of rotatable bonds is 3. The maximum Gasteiger partial charge on any atom is 0.417 e. The normalized spacial score (nSPS) is 11.5. The molecule has 21 heavy (non-hydrogen) atoms. The van der Waals surface area contributed by atoms with E-state index in [1.165, 1.54) is 17.4 Å². The maximum absolute atomic E-state index is 13.0. The molecular formula is C13H8Br2F3NOS. The van der Waals surface area contributed by atoms with Gasteiger partial charge in [-0.15, -0.1) is 11.3 Å². The van der Waals surface area contributed by atoms with Crippen molar-refractivity contribution in [1.29, 1.82) is 0 Å². The first-order valence-electron chi connectivity index (χ1n) is 5.65. The lowest BCUT2D eigenvalue weighted by Gasteiger charge is -2.13. The Morgan fingerprint density at radius 2 is 1.90 bits per heavy atom. The van der Waals surface area contributed by atoms with Gasteiger partial charge in [0.25, 0.3) is 5.91 Å². The summed E-state index contributed by atoms with van der Waals surface area (Å²) in [7, 11) is 0. The molecule has 1 aromatic heterocycles. The van der Waals surface area contributed by atoms with Gasteiger partial charge in [0.2, 0.25) is 0 Å². The second-order valence-electron chi connectivity index (χ2n) is 4.10. The van der Waals surface area contributed by atoms with E-state index >= 15 is 0 Å². The quantitative estimate of drug-likeness (QED) is 0.693. The van der Waals surface area contributed by atoms with Gasteiger partial charge in [-0.05, 0) is 40.2 Å². The van der Waals surface area contributed by atoms with Gasteiger partial charge in [-0.2, -0.15) is 13.2 Å². The predicted molar refractivity (Wildman–Crippen MR) is 82.3 cm³/mol. The lowest BCUT2D eigenvalue weighted by atomic mass is 10.1. The standard InChI is InChI=1S/C13H8Br2F3NOS/c14-7-1-2-10(11(4-7)13(16,17)18)12(20)19-5-9-3-8(15)6-21-9/h1-4,6H,5H2,(H,19,20). The number of benzene rings is 1.